The summed E-state index contributed by atoms with van der Waals surface area (Å²) in [7, 11) is -3.49. The van der Waals surface area contributed by atoms with E-state index in [2.05, 4.69) is 15.3 Å². The van der Waals surface area contributed by atoms with E-state index in [1.165, 1.54) is 22.4 Å². The normalized spacial score (nSPS) is 11.6. The lowest BCUT2D eigenvalue weighted by atomic mass is 10.3. The lowest BCUT2D eigenvalue weighted by Crippen LogP contribution is -2.30. The molecule has 0 aliphatic rings. The second-order valence-electron chi connectivity index (χ2n) is 6.09. The van der Waals surface area contributed by atoms with E-state index in [1.807, 2.05) is 44.2 Å². The van der Waals surface area contributed by atoms with Gasteiger partial charge in [-0.25, -0.2) is 18.4 Å². The van der Waals surface area contributed by atoms with Gasteiger partial charge in [0.1, 0.15) is 17.0 Å². The van der Waals surface area contributed by atoms with Crippen molar-refractivity contribution < 1.29 is 8.42 Å². The second kappa shape index (κ2) is 9.25. The average Bonchev–Trinajstić information content (AvgIpc) is 2.73. The predicted octanol–water partition coefficient (Wildman–Crippen LogP) is 3.98. The Morgan fingerprint density at radius 3 is 2.28 bits per heavy atom. The van der Waals surface area contributed by atoms with Crippen LogP contribution >= 0.6 is 11.8 Å². The Kier molecular flexibility index (Phi) is 6.73. The van der Waals surface area contributed by atoms with Crippen molar-refractivity contribution in [2.45, 2.75) is 28.7 Å². The van der Waals surface area contributed by atoms with Crippen LogP contribution in [-0.2, 0) is 10.0 Å². The molecule has 0 aliphatic heterocycles. The van der Waals surface area contributed by atoms with Crippen molar-refractivity contribution in [2.75, 3.05) is 24.1 Å². The number of benzene rings is 2. The van der Waals surface area contributed by atoms with Crippen LogP contribution in [0, 0.1) is 0 Å². The maximum atomic E-state index is 12.6. The Labute approximate surface area is 175 Å². The molecule has 0 saturated heterocycles. The fourth-order valence-corrected chi connectivity index (χ4v) is 5.00. The first-order valence-corrected chi connectivity index (χ1v) is 11.4. The molecule has 29 heavy (non-hydrogen) atoms. The van der Waals surface area contributed by atoms with E-state index in [-0.39, 0.29) is 4.90 Å². The van der Waals surface area contributed by atoms with E-state index in [9.17, 15) is 8.42 Å². The van der Waals surface area contributed by atoms with Crippen LogP contribution in [0.3, 0.4) is 0 Å². The van der Waals surface area contributed by atoms with E-state index in [0.717, 1.165) is 4.90 Å². The molecule has 3 aromatic rings. The number of anilines is 3. The maximum Gasteiger partial charge on any atom is 0.243 e. The maximum absolute atomic E-state index is 12.6. The number of hydrogen-bond donors (Lipinski definition) is 2. The van der Waals surface area contributed by atoms with Crippen LogP contribution in [0.2, 0.25) is 0 Å². The van der Waals surface area contributed by atoms with Crippen molar-refractivity contribution in [1.29, 1.82) is 0 Å². The molecule has 0 aliphatic carbocycles. The van der Waals surface area contributed by atoms with Gasteiger partial charge in [-0.15, -0.1) is 0 Å². The van der Waals surface area contributed by atoms with Gasteiger partial charge in [0, 0.05) is 23.7 Å². The van der Waals surface area contributed by atoms with Gasteiger partial charge in [0.25, 0.3) is 0 Å². The highest BCUT2D eigenvalue weighted by Crippen LogP contribution is 2.34. The summed E-state index contributed by atoms with van der Waals surface area (Å²) in [5, 5.41) is 3.78. The molecule has 0 spiro atoms. The van der Waals surface area contributed by atoms with Gasteiger partial charge < -0.3 is 11.1 Å². The third kappa shape index (κ3) is 4.87. The van der Waals surface area contributed by atoms with Crippen molar-refractivity contribution in [3.05, 3.63) is 60.9 Å². The molecule has 0 amide bonds. The fourth-order valence-electron chi connectivity index (χ4n) is 2.72. The summed E-state index contributed by atoms with van der Waals surface area (Å²) < 4.78 is 26.6. The van der Waals surface area contributed by atoms with E-state index < -0.39 is 10.0 Å². The van der Waals surface area contributed by atoms with Gasteiger partial charge in [-0.2, -0.15) is 4.31 Å². The van der Waals surface area contributed by atoms with Crippen LogP contribution < -0.4 is 11.1 Å². The summed E-state index contributed by atoms with van der Waals surface area (Å²) in [6.07, 6.45) is 1.45. The van der Waals surface area contributed by atoms with Crippen molar-refractivity contribution in [3.63, 3.8) is 0 Å². The van der Waals surface area contributed by atoms with Crippen molar-refractivity contribution in [2.24, 2.45) is 0 Å². The van der Waals surface area contributed by atoms with Crippen LogP contribution in [0.5, 0.6) is 0 Å². The van der Waals surface area contributed by atoms with E-state index >= 15 is 0 Å². The van der Waals surface area contributed by atoms with E-state index in [1.54, 1.807) is 24.3 Å². The topological polar surface area (TPSA) is 101 Å². The van der Waals surface area contributed by atoms with Crippen LogP contribution in [-0.4, -0.2) is 35.8 Å². The molecular weight excluding hydrogens is 406 g/mol. The molecule has 0 radical (unpaired) electrons. The van der Waals surface area contributed by atoms with Gasteiger partial charge in [0.15, 0.2) is 5.82 Å². The first-order chi connectivity index (χ1) is 14.0. The zero-order valence-corrected chi connectivity index (χ0v) is 17.9. The minimum Gasteiger partial charge on any atom is -0.394 e. The molecule has 3 N–H and O–H groups in total. The summed E-state index contributed by atoms with van der Waals surface area (Å²) in [6.45, 7) is 4.50. The van der Waals surface area contributed by atoms with E-state index in [0.29, 0.717) is 35.3 Å². The van der Waals surface area contributed by atoms with Gasteiger partial charge in [0.05, 0.1) is 4.90 Å². The lowest BCUT2D eigenvalue weighted by Gasteiger charge is -2.18. The Morgan fingerprint density at radius 2 is 1.66 bits per heavy atom. The number of nitrogen functional groups attached to an aromatic ring is 1. The highest BCUT2D eigenvalue weighted by molar-refractivity contribution is 7.99. The number of nitrogens with one attached hydrogen (secondary N) is 1. The highest BCUT2D eigenvalue weighted by Gasteiger charge is 2.21. The smallest absolute Gasteiger partial charge is 0.243 e. The summed E-state index contributed by atoms with van der Waals surface area (Å²) >= 11 is 1.45. The molecular formula is C20H23N5O2S2. The third-order valence-electron chi connectivity index (χ3n) is 4.27. The van der Waals surface area contributed by atoms with Crippen LogP contribution in [0.1, 0.15) is 13.8 Å². The Morgan fingerprint density at radius 1 is 1.00 bits per heavy atom. The monoisotopic (exact) mass is 429 g/mol. The number of aromatic nitrogens is 2. The minimum absolute atomic E-state index is 0.253. The second-order valence-corrected chi connectivity index (χ2v) is 9.10. The van der Waals surface area contributed by atoms with Gasteiger partial charge in [-0.1, -0.05) is 43.8 Å². The minimum atomic E-state index is -3.49. The van der Waals surface area contributed by atoms with Crippen LogP contribution in [0.4, 0.5) is 17.2 Å². The van der Waals surface area contributed by atoms with Crippen LogP contribution in [0.15, 0.2) is 75.7 Å². The number of sulfonamides is 1. The van der Waals surface area contributed by atoms with Gasteiger partial charge >= 0.3 is 0 Å². The van der Waals surface area contributed by atoms with Gasteiger partial charge in [-0.05, 0) is 36.4 Å². The third-order valence-corrected chi connectivity index (χ3v) is 7.36. The number of hydrogen-bond acceptors (Lipinski definition) is 7. The molecule has 152 valence electrons. The number of nitrogens with two attached hydrogens (primary N) is 1. The standard InChI is InChI=1S/C20H23N5O2S2/c1-3-25(4-2)29(26,27)17-12-10-15(11-13-17)24-19-18(21)20(23-14-22-19)28-16-8-6-5-7-9-16/h5-14H,3-4,21H2,1-2H3,(H,22,23,24). The lowest BCUT2D eigenvalue weighted by molar-refractivity contribution is 0.445. The molecule has 9 heteroatoms. The molecule has 0 bridgehead atoms. The quantitative estimate of drug-likeness (QED) is 0.522. The largest absolute Gasteiger partial charge is 0.394 e. The zero-order chi connectivity index (χ0) is 20.9. The molecule has 0 saturated carbocycles. The summed E-state index contributed by atoms with van der Waals surface area (Å²) in [5.74, 6) is 0.470. The molecule has 3 rings (SSSR count). The molecule has 7 nitrogen and oxygen atoms in total. The van der Waals surface area contributed by atoms with Crippen molar-refractivity contribution in [3.8, 4) is 0 Å². The van der Waals surface area contributed by atoms with Crippen molar-refractivity contribution in [1.82, 2.24) is 14.3 Å². The van der Waals surface area contributed by atoms with Crippen LogP contribution in [0.25, 0.3) is 0 Å². The van der Waals surface area contributed by atoms with Crippen molar-refractivity contribution >= 4 is 39.0 Å². The Hall–Kier alpha value is -2.62. The molecule has 0 fully saturated rings. The first-order valence-electron chi connectivity index (χ1n) is 9.16. The number of nitrogens with zero attached hydrogens (tertiary/aromatic N) is 3. The van der Waals surface area contributed by atoms with Gasteiger partial charge in [0.2, 0.25) is 10.0 Å². The zero-order valence-electron chi connectivity index (χ0n) is 16.2. The molecule has 1 aromatic heterocycles. The average molecular weight is 430 g/mol. The van der Waals surface area contributed by atoms with E-state index in [4.69, 9.17) is 5.73 Å². The summed E-state index contributed by atoms with van der Waals surface area (Å²) in [6, 6.07) is 16.4. The fraction of sp³-hybridized carbons (Fsp3) is 0.200. The molecule has 0 unspecified atom stereocenters. The predicted molar refractivity (Wildman–Crippen MR) is 117 cm³/mol. The number of rotatable bonds is 8. The Balaban J connectivity index is 1.79. The SMILES string of the molecule is CCN(CC)S(=O)(=O)c1ccc(Nc2ncnc(Sc3ccccc3)c2N)cc1. The molecule has 2 aromatic carbocycles. The first kappa shape index (κ1) is 21.1. The molecule has 1 heterocycles. The summed E-state index contributed by atoms with van der Waals surface area (Å²) in [5.41, 5.74) is 7.36. The Bertz CT molecular complexity index is 1050. The van der Waals surface area contributed by atoms with Gasteiger partial charge in [-0.3, -0.25) is 0 Å². The molecule has 0 atom stereocenters. The summed E-state index contributed by atoms with van der Waals surface area (Å²) in [4.78, 5) is 9.75. The highest BCUT2D eigenvalue weighted by atomic mass is 32.2.